The first-order valence-electron chi connectivity index (χ1n) is 7.04. The lowest BCUT2D eigenvalue weighted by Gasteiger charge is -2.37. The van der Waals surface area contributed by atoms with Gasteiger partial charge >= 0.3 is 0 Å². The SMILES string of the molecule is CCN(CCC(=O)N1CCNCC1)C1CCC1.Cl. The van der Waals surface area contributed by atoms with Gasteiger partial charge < -0.3 is 15.1 Å². The Morgan fingerprint density at radius 3 is 2.50 bits per heavy atom. The zero-order valence-corrected chi connectivity index (χ0v) is 12.2. The Hall–Kier alpha value is -0.320. The predicted octanol–water partition coefficient (Wildman–Crippen LogP) is 1.10. The summed E-state index contributed by atoms with van der Waals surface area (Å²) in [7, 11) is 0. The summed E-state index contributed by atoms with van der Waals surface area (Å²) in [6, 6.07) is 0.760. The molecule has 2 aliphatic rings. The molecule has 1 N–H and O–H groups in total. The summed E-state index contributed by atoms with van der Waals surface area (Å²) in [6.45, 7) is 7.90. The van der Waals surface area contributed by atoms with Crippen LogP contribution in [0.4, 0.5) is 0 Å². The van der Waals surface area contributed by atoms with Gasteiger partial charge in [0.25, 0.3) is 0 Å². The first-order chi connectivity index (χ1) is 8.31. The van der Waals surface area contributed by atoms with Gasteiger partial charge in [-0.25, -0.2) is 0 Å². The maximum absolute atomic E-state index is 12.0. The lowest BCUT2D eigenvalue weighted by atomic mass is 9.91. The number of halogens is 1. The second kappa shape index (κ2) is 7.97. The number of piperazine rings is 1. The van der Waals surface area contributed by atoms with Gasteiger partial charge in [0.2, 0.25) is 5.91 Å². The van der Waals surface area contributed by atoms with Crippen LogP contribution in [0.15, 0.2) is 0 Å². The maximum Gasteiger partial charge on any atom is 0.223 e. The van der Waals surface area contributed by atoms with Gasteiger partial charge in [0.15, 0.2) is 0 Å². The van der Waals surface area contributed by atoms with Crippen molar-refractivity contribution in [2.24, 2.45) is 0 Å². The van der Waals surface area contributed by atoms with Crippen LogP contribution in [0.25, 0.3) is 0 Å². The minimum atomic E-state index is 0. The normalized spacial score (nSPS) is 20.4. The third-order valence-corrected chi connectivity index (χ3v) is 4.08. The second-order valence-corrected chi connectivity index (χ2v) is 5.09. The van der Waals surface area contributed by atoms with Crippen LogP contribution in [0.1, 0.15) is 32.6 Å². The quantitative estimate of drug-likeness (QED) is 0.816. The Morgan fingerprint density at radius 2 is 2.00 bits per heavy atom. The fraction of sp³-hybridized carbons (Fsp3) is 0.923. The van der Waals surface area contributed by atoms with Crippen molar-refractivity contribution >= 4 is 18.3 Å². The summed E-state index contributed by atoms with van der Waals surface area (Å²) in [5.41, 5.74) is 0. The molecule has 1 aliphatic heterocycles. The zero-order chi connectivity index (χ0) is 12.1. The Morgan fingerprint density at radius 1 is 1.33 bits per heavy atom. The average Bonchev–Trinajstić information content (AvgIpc) is 2.32. The molecule has 2 fully saturated rings. The molecule has 1 saturated carbocycles. The molecule has 4 nitrogen and oxygen atoms in total. The van der Waals surface area contributed by atoms with Crippen molar-refractivity contribution in [3.63, 3.8) is 0 Å². The van der Waals surface area contributed by atoms with Gasteiger partial charge in [-0.15, -0.1) is 12.4 Å². The molecule has 1 heterocycles. The number of nitrogens with zero attached hydrogens (tertiary/aromatic N) is 2. The summed E-state index contributed by atoms with van der Waals surface area (Å²) in [4.78, 5) is 16.5. The molecule has 1 aliphatic carbocycles. The van der Waals surface area contributed by atoms with Gasteiger partial charge in [-0.2, -0.15) is 0 Å². The highest BCUT2D eigenvalue weighted by Crippen LogP contribution is 2.24. The minimum absolute atomic E-state index is 0. The number of rotatable bonds is 5. The second-order valence-electron chi connectivity index (χ2n) is 5.09. The van der Waals surface area contributed by atoms with E-state index in [0.29, 0.717) is 12.3 Å². The van der Waals surface area contributed by atoms with Gasteiger partial charge in [0.1, 0.15) is 0 Å². The topological polar surface area (TPSA) is 35.6 Å². The monoisotopic (exact) mass is 275 g/mol. The molecule has 1 saturated heterocycles. The summed E-state index contributed by atoms with van der Waals surface area (Å²) >= 11 is 0. The highest BCUT2D eigenvalue weighted by Gasteiger charge is 2.24. The molecule has 0 aromatic carbocycles. The van der Waals surface area contributed by atoms with Crippen molar-refractivity contribution in [3.05, 3.63) is 0 Å². The molecule has 0 atom stereocenters. The Balaban J connectivity index is 0.00000162. The molecule has 106 valence electrons. The van der Waals surface area contributed by atoms with Crippen molar-refractivity contribution in [2.75, 3.05) is 39.3 Å². The molecule has 18 heavy (non-hydrogen) atoms. The highest BCUT2D eigenvalue weighted by atomic mass is 35.5. The van der Waals surface area contributed by atoms with E-state index in [0.717, 1.165) is 45.3 Å². The molecule has 0 bridgehead atoms. The van der Waals surface area contributed by atoms with E-state index in [1.807, 2.05) is 4.90 Å². The summed E-state index contributed by atoms with van der Waals surface area (Å²) < 4.78 is 0. The first-order valence-corrected chi connectivity index (χ1v) is 7.04. The van der Waals surface area contributed by atoms with Crippen LogP contribution in [0.5, 0.6) is 0 Å². The molecular formula is C13H26ClN3O. The van der Waals surface area contributed by atoms with E-state index in [9.17, 15) is 4.79 Å². The highest BCUT2D eigenvalue weighted by molar-refractivity contribution is 5.85. The molecule has 0 unspecified atom stereocenters. The minimum Gasteiger partial charge on any atom is -0.340 e. The van der Waals surface area contributed by atoms with Crippen molar-refractivity contribution in [1.82, 2.24) is 15.1 Å². The fourth-order valence-electron chi connectivity index (χ4n) is 2.66. The van der Waals surface area contributed by atoms with Gasteiger partial charge in [0.05, 0.1) is 0 Å². The van der Waals surface area contributed by atoms with E-state index in [2.05, 4.69) is 17.1 Å². The molecule has 0 aromatic rings. The van der Waals surface area contributed by atoms with Crippen molar-refractivity contribution in [3.8, 4) is 0 Å². The van der Waals surface area contributed by atoms with Crippen LogP contribution in [-0.4, -0.2) is 61.0 Å². The number of carbonyl (C=O) groups excluding carboxylic acids is 1. The smallest absolute Gasteiger partial charge is 0.223 e. The Labute approximate surface area is 116 Å². The van der Waals surface area contributed by atoms with Crippen LogP contribution >= 0.6 is 12.4 Å². The Kier molecular flexibility index (Phi) is 6.97. The van der Waals surface area contributed by atoms with E-state index in [1.54, 1.807) is 0 Å². The van der Waals surface area contributed by atoms with E-state index < -0.39 is 0 Å². The van der Waals surface area contributed by atoms with Gasteiger partial charge in [-0.1, -0.05) is 13.3 Å². The zero-order valence-electron chi connectivity index (χ0n) is 11.4. The molecule has 5 heteroatoms. The molecule has 2 rings (SSSR count). The Bertz CT molecular complexity index is 253. The number of hydrogen-bond acceptors (Lipinski definition) is 3. The van der Waals surface area contributed by atoms with Gasteiger partial charge in [0, 0.05) is 45.2 Å². The van der Waals surface area contributed by atoms with E-state index in [-0.39, 0.29) is 12.4 Å². The lowest BCUT2D eigenvalue weighted by Crippen LogP contribution is -2.48. The summed E-state index contributed by atoms with van der Waals surface area (Å²) in [6.07, 6.45) is 4.72. The largest absolute Gasteiger partial charge is 0.340 e. The van der Waals surface area contributed by atoms with Gasteiger partial charge in [-0.05, 0) is 19.4 Å². The van der Waals surface area contributed by atoms with Crippen LogP contribution in [0, 0.1) is 0 Å². The molecular weight excluding hydrogens is 250 g/mol. The van der Waals surface area contributed by atoms with Crippen LogP contribution in [-0.2, 0) is 4.79 Å². The van der Waals surface area contributed by atoms with Gasteiger partial charge in [-0.3, -0.25) is 4.79 Å². The first kappa shape index (κ1) is 15.7. The molecule has 0 radical (unpaired) electrons. The van der Waals surface area contributed by atoms with Crippen LogP contribution in [0.3, 0.4) is 0 Å². The molecule has 0 spiro atoms. The third kappa shape index (κ3) is 4.11. The van der Waals surface area contributed by atoms with Crippen molar-refractivity contribution in [2.45, 2.75) is 38.6 Å². The van der Waals surface area contributed by atoms with Crippen molar-refractivity contribution in [1.29, 1.82) is 0 Å². The number of hydrogen-bond donors (Lipinski definition) is 1. The van der Waals surface area contributed by atoms with E-state index >= 15 is 0 Å². The molecule has 1 amide bonds. The van der Waals surface area contributed by atoms with E-state index in [1.165, 1.54) is 19.3 Å². The van der Waals surface area contributed by atoms with Crippen molar-refractivity contribution < 1.29 is 4.79 Å². The van der Waals surface area contributed by atoms with Crippen LogP contribution in [0.2, 0.25) is 0 Å². The summed E-state index contributed by atoms with van der Waals surface area (Å²) in [5.74, 6) is 0.337. The number of carbonyl (C=O) groups is 1. The predicted molar refractivity (Wildman–Crippen MR) is 76.2 cm³/mol. The third-order valence-electron chi connectivity index (χ3n) is 4.08. The fourth-order valence-corrected chi connectivity index (χ4v) is 2.66. The number of amides is 1. The van der Waals surface area contributed by atoms with E-state index in [4.69, 9.17) is 0 Å². The molecule has 0 aromatic heterocycles. The van der Waals surface area contributed by atoms with Crippen LogP contribution < -0.4 is 5.32 Å². The maximum atomic E-state index is 12.0. The summed E-state index contributed by atoms with van der Waals surface area (Å²) in [5, 5.41) is 3.28. The standard InChI is InChI=1S/C13H25N3O.ClH/c1-2-15(12-4-3-5-12)9-6-13(17)16-10-7-14-8-11-16;/h12,14H,2-11H2,1H3;1H. The lowest BCUT2D eigenvalue weighted by molar-refractivity contribution is -0.132. The average molecular weight is 276 g/mol. The number of nitrogens with one attached hydrogen (secondary N) is 1.